The Balaban J connectivity index is 2.11. The van der Waals surface area contributed by atoms with Gasteiger partial charge >= 0.3 is 0 Å². The lowest BCUT2D eigenvalue weighted by atomic mass is 9.79. The monoisotopic (exact) mass is 447 g/mol. The van der Waals surface area contributed by atoms with Gasteiger partial charge in [-0.2, -0.15) is 4.31 Å². The summed E-state index contributed by atoms with van der Waals surface area (Å²) in [5, 5.41) is 2.93. The van der Waals surface area contributed by atoms with Gasteiger partial charge in [-0.3, -0.25) is 9.59 Å². The highest BCUT2D eigenvalue weighted by Gasteiger charge is 2.25. The van der Waals surface area contributed by atoms with E-state index in [0.717, 1.165) is 4.57 Å². The zero-order valence-electron chi connectivity index (χ0n) is 19.0. The Bertz CT molecular complexity index is 1040. The van der Waals surface area contributed by atoms with Crippen molar-refractivity contribution in [1.29, 1.82) is 0 Å². The largest absolute Gasteiger partial charge is 0.352 e. The van der Waals surface area contributed by atoms with Crippen molar-refractivity contribution in [3.8, 4) is 0 Å². The van der Waals surface area contributed by atoms with Gasteiger partial charge in [0, 0.05) is 31.4 Å². The number of carbonyl (C=O) groups is 1. The quantitative estimate of drug-likeness (QED) is 0.607. The minimum atomic E-state index is -3.71. The maximum absolute atomic E-state index is 12.7. The molecule has 1 N–H and O–H groups in total. The molecular formula is C23H33N3O4S. The second kappa shape index (κ2) is 10.2. The Morgan fingerprint density at radius 3 is 2.29 bits per heavy atom. The minimum absolute atomic E-state index is 0.00172. The summed E-state index contributed by atoms with van der Waals surface area (Å²) in [6.07, 6.45) is 1.96. The van der Waals surface area contributed by atoms with Gasteiger partial charge in [0.15, 0.2) is 0 Å². The van der Waals surface area contributed by atoms with E-state index >= 15 is 0 Å². The van der Waals surface area contributed by atoms with Gasteiger partial charge in [-0.15, -0.1) is 0 Å². The molecule has 8 heteroatoms. The van der Waals surface area contributed by atoms with Crippen LogP contribution >= 0.6 is 0 Å². The van der Waals surface area contributed by atoms with Crippen LogP contribution in [0.5, 0.6) is 0 Å². The fourth-order valence-corrected chi connectivity index (χ4v) is 5.28. The van der Waals surface area contributed by atoms with E-state index < -0.39 is 15.6 Å². The SMILES string of the molecule is CCN(CC)S(=O)(=O)c1ccc(=O)n(CC(=O)N[C@H](C)CC(C)(C)c2ccccc2)c1. The summed E-state index contributed by atoms with van der Waals surface area (Å²) in [6.45, 7) is 10.1. The van der Waals surface area contributed by atoms with E-state index in [1.54, 1.807) is 13.8 Å². The number of nitrogens with one attached hydrogen (secondary N) is 1. The predicted octanol–water partition coefficient (Wildman–Crippen LogP) is 2.75. The summed E-state index contributed by atoms with van der Waals surface area (Å²) in [6, 6.07) is 12.4. The molecular weight excluding hydrogens is 414 g/mol. The zero-order valence-corrected chi connectivity index (χ0v) is 19.8. The topological polar surface area (TPSA) is 88.5 Å². The van der Waals surface area contributed by atoms with Gasteiger partial charge in [0.1, 0.15) is 6.54 Å². The van der Waals surface area contributed by atoms with E-state index in [9.17, 15) is 18.0 Å². The Morgan fingerprint density at radius 1 is 1.10 bits per heavy atom. The third kappa shape index (κ3) is 6.27. The summed E-state index contributed by atoms with van der Waals surface area (Å²) in [7, 11) is -3.71. The van der Waals surface area contributed by atoms with Crippen LogP contribution in [0.25, 0.3) is 0 Å². The lowest BCUT2D eigenvalue weighted by molar-refractivity contribution is -0.122. The van der Waals surface area contributed by atoms with Gasteiger partial charge < -0.3 is 9.88 Å². The molecule has 1 heterocycles. The van der Waals surface area contributed by atoms with Crippen LogP contribution in [-0.2, 0) is 26.8 Å². The maximum Gasteiger partial charge on any atom is 0.251 e. The third-order valence-electron chi connectivity index (χ3n) is 5.39. The average Bonchev–Trinajstić information content (AvgIpc) is 2.70. The van der Waals surface area contributed by atoms with Gasteiger partial charge in [0.25, 0.3) is 5.56 Å². The lowest BCUT2D eigenvalue weighted by Gasteiger charge is -2.29. The van der Waals surface area contributed by atoms with E-state index in [1.807, 2.05) is 25.1 Å². The molecule has 7 nitrogen and oxygen atoms in total. The summed E-state index contributed by atoms with van der Waals surface area (Å²) in [5.41, 5.74) is 0.621. The van der Waals surface area contributed by atoms with Gasteiger partial charge in [-0.1, -0.05) is 58.0 Å². The number of hydrogen-bond donors (Lipinski definition) is 1. The number of sulfonamides is 1. The summed E-state index contributed by atoms with van der Waals surface area (Å²) < 4.78 is 27.9. The average molecular weight is 448 g/mol. The van der Waals surface area contributed by atoms with Crippen LogP contribution in [0, 0.1) is 0 Å². The molecule has 0 unspecified atom stereocenters. The molecule has 0 saturated heterocycles. The lowest BCUT2D eigenvalue weighted by Crippen LogP contribution is -2.40. The predicted molar refractivity (Wildman–Crippen MR) is 122 cm³/mol. The fourth-order valence-electron chi connectivity index (χ4n) is 3.80. The summed E-state index contributed by atoms with van der Waals surface area (Å²) >= 11 is 0. The first kappa shape index (κ1) is 24.8. The van der Waals surface area contributed by atoms with Crippen LogP contribution < -0.4 is 10.9 Å². The van der Waals surface area contributed by atoms with E-state index in [4.69, 9.17) is 0 Å². The number of nitrogens with zero attached hydrogens (tertiary/aromatic N) is 2. The van der Waals surface area contributed by atoms with Crippen molar-refractivity contribution in [3.63, 3.8) is 0 Å². The Kier molecular flexibility index (Phi) is 8.20. The number of amides is 1. The second-order valence-corrected chi connectivity index (χ2v) is 10.3. The van der Waals surface area contributed by atoms with Crippen LogP contribution in [0.15, 0.2) is 58.4 Å². The number of carbonyl (C=O) groups excluding carboxylic acids is 1. The molecule has 1 aromatic heterocycles. The van der Waals surface area contributed by atoms with Gasteiger partial charge in [0.05, 0.1) is 4.90 Å². The van der Waals surface area contributed by atoms with Gasteiger partial charge in [0.2, 0.25) is 15.9 Å². The van der Waals surface area contributed by atoms with Crippen LogP contribution in [0.3, 0.4) is 0 Å². The van der Waals surface area contributed by atoms with Crippen LogP contribution in [0.2, 0.25) is 0 Å². The number of rotatable bonds is 10. The Hall–Kier alpha value is -2.45. The molecule has 2 aromatic rings. The molecule has 1 atom stereocenters. The highest BCUT2D eigenvalue weighted by Crippen LogP contribution is 2.28. The van der Waals surface area contributed by atoms with E-state index in [2.05, 4.69) is 31.3 Å². The third-order valence-corrected chi connectivity index (χ3v) is 7.43. The first-order chi connectivity index (χ1) is 14.5. The molecule has 0 radical (unpaired) electrons. The smallest absolute Gasteiger partial charge is 0.251 e. The summed E-state index contributed by atoms with van der Waals surface area (Å²) in [4.78, 5) is 24.8. The summed E-state index contributed by atoms with van der Waals surface area (Å²) in [5.74, 6) is -0.337. The van der Waals surface area contributed by atoms with Crippen LogP contribution in [-0.4, -0.2) is 42.3 Å². The van der Waals surface area contributed by atoms with Crippen molar-refractivity contribution in [2.45, 2.75) is 63.9 Å². The number of benzene rings is 1. The van der Waals surface area contributed by atoms with Gasteiger partial charge in [-0.25, -0.2) is 8.42 Å². The van der Waals surface area contributed by atoms with Crippen LogP contribution in [0.1, 0.15) is 46.6 Å². The van der Waals surface area contributed by atoms with Crippen molar-refractivity contribution >= 4 is 15.9 Å². The van der Waals surface area contributed by atoms with Crippen molar-refractivity contribution in [2.75, 3.05) is 13.1 Å². The number of pyridine rings is 1. The molecule has 0 saturated carbocycles. The second-order valence-electron chi connectivity index (χ2n) is 8.34. The van der Waals surface area contributed by atoms with Crippen molar-refractivity contribution in [2.24, 2.45) is 0 Å². The normalized spacial score (nSPS) is 13.2. The molecule has 0 fully saturated rings. The van der Waals surface area contributed by atoms with Crippen LogP contribution in [0.4, 0.5) is 0 Å². The number of hydrogen-bond acceptors (Lipinski definition) is 4. The molecule has 1 aromatic carbocycles. The van der Waals surface area contributed by atoms with E-state index in [-0.39, 0.29) is 28.8 Å². The molecule has 1 amide bonds. The molecule has 170 valence electrons. The molecule has 0 aliphatic heterocycles. The van der Waals surface area contributed by atoms with E-state index in [1.165, 1.54) is 28.2 Å². The van der Waals surface area contributed by atoms with Crippen molar-refractivity contribution in [1.82, 2.24) is 14.2 Å². The van der Waals surface area contributed by atoms with Gasteiger partial charge in [-0.05, 0) is 30.4 Å². The molecule has 0 spiro atoms. The van der Waals surface area contributed by atoms with E-state index in [0.29, 0.717) is 19.5 Å². The van der Waals surface area contributed by atoms with Crippen molar-refractivity contribution in [3.05, 3.63) is 64.6 Å². The molecule has 0 aliphatic carbocycles. The Labute approximate surface area is 185 Å². The Morgan fingerprint density at radius 2 is 1.71 bits per heavy atom. The minimum Gasteiger partial charge on any atom is -0.352 e. The zero-order chi connectivity index (χ0) is 23.2. The first-order valence-corrected chi connectivity index (χ1v) is 12.0. The molecule has 2 rings (SSSR count). The molecule has 0 bridgehead atoms. The first-order valence-electron chi connectivity index (χ1n) is 10.6. The maximum atomic E-state index is 12.7. The fraction of sp³-hybridized carbons (Fsp3) is 0.478. The van der Waals surface area contributed by atoms with Crippen molar-refractivity contribution < 1.29 is 13.2 Å². The highest BCUT2D eigenvalue weighted by molar-refractivity contribution is 7.89. The highest BCUT2D eigenvalue weighted by atomic mass is 32.2. The number of aromatic nitrogens is 1. The molecule has 0 aliphatic rings. The molecule has 31 heavy (non-hydrogen) atoms. The standard InChI is InChI=1S/C23H33N3O4S/c1-6-26(7-2)31(29,30)20-13-14-22(28)25(16-20)17-21(27)24-18(3)15-23(4,5)19-11-9-8-10-12-19/h8-14,16,18H,6-7,15,17H2,1-5H3,(H,24,27)/t18-/m1/s1.